The van der Waals surface area contributed by atoms with Gasteiger partial charge in [-0.1, -0.05) is 6.07 Å². The van der Waals surface area contributed by atoms with E-state index < -0.39 is 10.0 Å². The van der Waals surface area contributed by atoms with Gasteiger partial charge in [0.25, 0.3) is 0 Å². The number of sulfonamides is 1. The molecule has 0 radical (unpaired) electrons. The Bertz CT molecular complexity index is 706. The van der Waals surface area contributed by atoms with Crippen LogP contribution in [0.3, 0.4) is 0 Å². The fourth-order valence-electron chi connectivity index (χ4n) is 3.50. The summed E-state index contributed by atoms with van der Waals surface area (Å²) in [6, 6.07) is 6.07. The molecule has 8 heteroatoms. The van der Waals surface area contributed by atoms with Crippen LogP contribution in [0, 0.1) is 5.92 Å². The van der Waals surface area contributed by atoms with Crippen LogP contribution in [0.4, 0.5) is 10.5 Å². The summed E-state index contributed by atoms with van der Waals surface area (Å²) in [6.07, 6.45) is 2.15. The Balaban J connectivity index is 1.72. The van der Waals surface area contributed by atoms with Gasteiger partial charge in [0.15, 0.2) is 0 Å². The van der Waals surface area contributed by atoms with Crippen molar-refractivity contribution < 1.29 is 13.2 Å². The number of carbonyl (C=O) groups is 1. The predicted molar refractivity (Wildman–Crippen MR) is 87.5 cm³/mol. The fraction of sp³-hybridized carbons (Fsp3) is 0.533. The number of hydrogen-bond donors (Lipinski definition) is 2. The van der Waals surface area contributed by atoms with Crippen LogP contribution in [0.25, 0.3) is 0 Å². The van der Waals surface area contributed by atoms with Crippen molar-refractivity contribution in [2.45, 2.75) is 23.8 Å². The van der Waals surface area contributed by atoms with Crippen molar-refractivity contribution in [3.05, 3.63) is 24.3 Å². The van der Waals surface area contributed by atoms with Crippen molar-refractivity contribution in [3.63, 3.8) is 0 Å². The summed E-state index contributed by atoms with van der Waals surface area (Å²) in [6.45, 7) is 2.70. The molecule has 2 aliphatic heterocycles. The summed E-state index contributed by atoms with van der Waals surface area (Å²) in [5.74, 6) is 0.563. The minimum Gasteiger partial charge on any atom is -0.320 e. The first-order valence-corrected chi connectivity index (χ1v) is 9.28. The van der Waals surface area contributed by atoms with E-state index in [0.717, 1.165) is 32.5 Å². The average molecular weight is 338 g/mol. The maximum Gasteiger partial charge on any atom is 0.322 e. The van der Waals surface area contributed by atoms with Crippen molar-refractivity contribution in [1.29, 1.82) is 0 Å². The normalized spacial score (nSPS) is 25.2. The number of hydrogen-bond acceptors (Lipinski definition) is 4. The van der Waals surface area contributed by atoms with Crippen molar-refractivity contribution in [2.75, 3.05) is 32.0 Å². The Morgan fingerprint density at radius 3 is 2.78 bits per heavy atom. The molecule has 126 valence electrons. The second-order valence-corrected chi connectivity index (χ2v) is 7.92. The van der Waals surface area contributed by atoms with Gasteiger partial charge in [-0.15, -0.1) is 0 Å². The molecule has 2 aliphatic rings. The van der Waals surface area contributed by atoms with Crippen LogP contribution in [0.2, 0.25) is 0 Å². The van der Waals surface area contributed by atoms with Gasteiger partial charge in [-0.3, -0.25) is 0 Å². The number of benzene rings is 1. The summed E-state index contributed by atoms with van der Waals surface area (Å²) in [5.41, 5.74) is 0.439. The standard InChI is InChI=1S/C15H22N4O3S/c1-18-7-5-11-6-8-19(14(11)10-18)15(20)17-12-3-2-4-13(9-12)23(16,21)22/h2-4,9,11,14H,5-8,10H2,1H3,(H,17,20)(H2,16,21,22). The number of nitrogens with one attached hydrogen (secondary N) is 1. The number of fused-ring (bicyclic) bond motifs is 1. The lowest BCUT2D eigenvalue weighted by Crippen LogP contribution is -2.49. The largest absolute Gasteiger partial charge is 0.322 e. The summed E-state index contributed by atoms with van der Waals surface area (Å²) in [4.78, 5) is 16.7. The monoisotopic (exact) mass is 338 g/mol. The van der Waals surface area contributed by atoms with E-state index in [1.807, 2.05) is 4.90 Å². The van der Waals surface area contributed by atoms with Crippen LogP contribution >= 0.6 is 0 Å². The summed E-state index contributed by atoms with van der Waals surface area (Å²) < 4.78 is 22.8. The van der Waals surface area contributed by atoms with E-state index in [-0.39, 0.29) is 17.0 Å². The number of carbonyl (C=O) groups excluding carboxylic acids is 1. The molecule has 23 heavy (non-hydrogen) atoms. The number of rotatable bonds is 2. The molecule has 2 heterocycles. The zero-order valence-corrected chi connectivity index (χ0v) is 13.9. The lowest BCUT2D eigenvalue weighted by Gasteiger charge is -2.36. The van der Waals surface area contributed by atoms with Gasteiger partial charge < -0.3 is 15.1 Å². The van der Waals surface area contributed by atoms with Gasteiger partial charge in [-0.2, -0.15) is 0 Å². The molecule has 0 aliphatic carbocycles. The third-order valence-corrected chi connectivity index (χ3v) is 5.65. The first kappa shape index (κ1) is 16.2. The molecule has 1 aromatic rings. The van der Waals surface area contributed by atoms with Crippen molar-refractivity contribution in [3.8, 4) is 0 Å². The van der Waals surface area contributed by atoms with E-state index in [1.165, 1.54) is 12.1 Å². The third-order valence-electron chi connectivity index (χ3n) is 4.74. The number of piperidine rings is 1. The summed E-state index contributed by atoms with van der Waals surface area (Å²) in [5, 5.41) is 7.92. The molecule has 0 spiro atoms. The molecule has 2 fully saturated rings. The number of likely N-dealkylation sites (tertiary alicyclic amines) is 2. The Morgan fingerprint density at radius 1 is 1.30 bits per heavy atom. The van der Waals surface area contributed by atoms with Crippen LogP contribution in [0.5, 0.6) is 0 Å². The highest BCUT2D eigenvalue weighted by molar-refractivity contribution is 7.89. The lowest BCUT2D eigenvalue weighted by atomic mass is 9.92. The minimum atomic E-state index is -3.78. The highest BCUT2D eigenvalue weighted by Gasteiger charge is 2.39. The van der Waals surface area contributed by atoms with Gasteiger partial charge in [0.05, 0.1) is 4.90 Å². The second kappa shape index (κ2) is 6.10. The Labute approximate surface area is 136 Å². The number of likely N-dealkylation sites (N-methyl/N-ethyl adjacent to an activating group) is 1. The lowest BCUT2D eigenvalue weighted by molar-refractivity contribution is 0.137. The predicted octanol–water partition coefficient (Wildman–Crippen LogP) is 0.892. The van der Waals surface area contributed by atoms with Gasteiger partial charge in [0, 0.05) is 24.8 Å². The summed E-state index contributed by atoms with van der Waals surface area (Å²) in [7, 11) is -1.71. The van der Waals surface area contributed by atoms with Crippen molar-refractivity contribution in [1.82, 2.24) is 9.80 Å². The first-order valence-electron chi connectivity index (χ1n) is 7.73. The van der Waals surface area contributed by atoms with Gasteiger partial charge in [0.1, 0.15) is 0 Å². The molecule has 2 atom stereocenters. The SMILES string of the molecule is CN1CCC2CCN(C(=O)Nc3cccc(S(N)(=O)=O)c3)C2C1. The fourth-order valence-corrected chi connectivity index (χ4v) is 4.06. The molecular weight excluding hydrogens is 316 g/mol. The van der Waals surface area contributed by atoms with Crippen molar-refractivity contribution >= 4 is 21.7 Å². The van der Waals surface area contributed by atoms with Crippen LogP contribution in [-0.2, 0) is 10.0 Å². The first-order chi connectivity index (χ1) is 10.8. The van der Waals surface area contributed by atoms with E-state index in [2.05, 4.69) is 17.3 Å². The maximum absolute atomic E-state index is 12.6. The van der Waals surface area contributed by atoms with Crippen LogP contribution < -0.4 is 10.5 Å². The van der Waals surface area contributed by atoms with E-state index in [0.29, 0.717) is 11.6 Å². The molecule has 2 amide bonds. The van der Waals surface area contributed by atoms with Gasteiger partial charge >= 0.3 is 6.03 Å². The van der Waals surface area contributed by atoms with Crippen LogP contribution in [0.15, 0.2) is 29.2 Å². The van der Waals surface area contributed by atoms with E-state index in [9.17, 15) is 13.2 Å². The van der Waals surface area contributed by atoms with Crippen LogP contribution in [0.1, 0.15) is 12.8 Å². The molecule has 7 nitrogen and oxygen atoms in total. The van der Waals surface area contributed by atoms with Gasteiger partial charge in [0.2, 0.25) is 10.0 Å². The van der Waals surface area contributed by atoms with E-state index in [4.69, 9.17) is 5.14 Å². The number of nitrogens with zero attached hydrogens (tertiary/aromatic N) is 2. The number of nitrogens with two attached hydrogens (primary N) is 1. The number of primary sulfonamides is 1. The zero-order chi connectivity index (χ0) is 16.6. The van der Waals surface area contributed by atoms with Gasteiger partial charge in [-0.05, 0) is 50.6 Å². The third kappa shape index (κ3) is 3.49. The number of urea groups is 1. The Hall–Kier alpha value is -1.64. The average Bonchev–Trinajstić information content (AvgIpc) is 2.89. The quantitative estimate of drug-likeness (QED) is 0.837. The Kier molecular flexibility index (Phi) is 4.31. The minimum absolute atomic E-state index is 0.00741. The smallest absolute Gasteiger partial charge is 0.320 e. The molecular formula is C15H22N4O3S. The highest BCUT2D eigenvalue weighted by atomic mass is 32.2. The van der Waals surface area contributed by atoms with E-state index >= 15 is 0 Å². The molecule has 3 N–H and O–H groups in total. The van der Waals surface area contributed by atoms with E-state index in [1.54, 1.807) is 12.1 Å². The summed E-state index contributed by atoms with van der Waals surface area (Å²) >= 11 is 0. The van der Waals surface area contributed by atoms with Crippen molar-refractivity contribution in [2.24, 2.45) is 11.1 Å². The number of amides is 2. The second-order valence-electron chi connectivity index (χ2n) is 6.36. The zero-order valence-electron chi connectivity index (χ0n) is 13.1. The van der Waals surface area contributed by atoms with Gasteiger partial charge in [-0.25, -0.2) is 18.4 Å². The maximum atomic E-state index is 12.6. The molecule has 1 aromatic carbocycles. The molecule has 2 unspecified atom stereocenters. The molecule has 2 saturated heterocycles. The molecule has 0 aromatic heterocycles. The molecule has 3 rings (SSSR count). The highest BCUT2D eigenvalue weighted by Crippen LogP contribution is 2.31. The molecule has 0 bridgehead atoms. The Morgan fingerprint density at radius 2 is 2.04 bits per heavy atom. The number of anilines is 1. The van der Waals surface area contributed by atoms with Crippen LogP contribution in [-0.4, -0.2) is 57.0 Å². The molecule has 0 saturated carbocycles. The topological polar surface area (TPSA) is 95.7 Å².